The Morgan fingerprint density at radius 2 is 1.11 bits per heavy atom. The van der Waals surface area contributed by atoms with Crippen LogP contribution in [0.3, 0.4) is 0 Å². The third-order valence-corrected chi connectivity index (χ3v) is 4.44. The molecule has 0 aliphatic carbocycles. The Balaban J connectivity index is 3.80. The van der Waals surface area contributed by atoms with E-state index in [1.165, 1.54) is 0 Å². The Labute approximate surface area is 116 Å². The predicted octanol–water partition coefficient (Wildman–Crippen LogP) is 2.69. The van der Waals surface area contributed by atoms with Crippen LogP contribution in [0.2, 0.25) is 0 Å². The van der Waals surface area contributed by atoms with E-state index in [0.29, 0.717) is 5.30 Å². The third-order valence-electron chi connectivity index (χ3n) is 3.23. The molecule has 4 heteroatoms. The molecular formula is C15H27O3P. The number of hydrogen-bond acceptors (Lipinski definition) is 3. The van der Waals surface area contributed by atoms with Crippen molar-refractivity contribution in [3.63, 3.8) is 0 Å². The molecule has 3 N–H and O–H groups in total. The van der Waals surface area contributed by atoms with Gasteiger partial charge in [-0.25, -0.2) is 0 Å². The van der Waals surface area contributed by atoms with E-state index in [2.05, 4.69) is 0 Å². The fourth-order valence-electron chi connectivity index (χ4n) is 2.33. The van der Waals surface area contributed by atoms with Gasteiger partial charge in [-0.05, 0) is 0 Å². The summed E-state index contributed by atoms with van der Waals surface area (Å²) in [6, 6.07) is 3.88. The first-order valence-corrected chi connectivity index (χ1v) is 8.42. The van der Waals surface area contributed by atoms with Crippen molar-refractivity contribution in [2.75, 3.05) is 0 Å². The SMILES string of the molecule is Cc1cc(C(C)(C)C)c([PH](O)(O)O)c(C(C)(C)C)c1. The molecule has 1 aromatic carbocycles. The molecule has 0 heterocycles. The Morgan fingerprint density at radius 3 is 1.32 bits per heavy atom. The molecule has 1 rings (SSSR count). The van der Waals surface area contributed by atoms with Gasteiger partial charge in [0.2, 0.25) is 0 Å². The van der Waals surface area contributed by atoms with Crippen LogP contribution >= 0.6 is 7.94 Å². The minimum absolute atomic E-state index is 0.256. The number of aryl methyl sites for hydroxylation is 1. The Bertz CT molecular complexity index is 439. The third kappa shape index (κ3) is 3.76. The summed E-state index contributed by atoms with van der Waals surface area (Å²) in [5.74, 6) is 0. The molecule has 0 bridgehead atoms. The van der Waals surface area contributed by atoms with Gasteiger partial charge in [0.1, 0.15) is 0 Å². The van der Waals surface area contributed by atoms with Crippen LogP contribution in [0.5, 0.6) is 0 Å². The standard InChI is InChI=1S/C15H27O3P/c1-10-8-11(14(2,3)4)13(19(16,17)18)12(9-10)15(5,6)7/h8-9,16-19H,1-7H3. The van der Waals surface area contributed by atoms with Gasteiger partial charge >= 0.3 is 116 Å². The fourth-order valence-corrected chi connectivity index (χ4v) is 3.95. The summed E-state index contributed by atoms with van der Waals surface area (Å²) in [6.45, 7) is 14.1. The van der Waals surface area contributed by atoms with E-state index in [4.69, 9.17) is 0 Å². The summed E-state index contributed by atoms with van der Waals surface area (Å²) in [6.07, 6.45) is 0. The maximum absolute atomic E-state index is 9.92. The van der Waals surface area contributed by atoms with E-state index >= 15 is 0 Å². The zero-order valence-electron chi connectivity index (χ0n) is 13.0. The van der Waals surface area contributed by atoms with Crippen molar-refractivity contribution in [1.29, 1.82) is 0 Å². The van der Waals surface area contributed by atoms with Gasteiger partial charge in [0.15, 0.2) is 0 Å². The van der Waals surface area contributed by atoms with Crippen molar-refractivity contribution in [2.45, 2.75) is 59.3 Å². The molecular weight excluding hydrogens is 259 g/mol. The van der Waals surface area contributed by atoms with Crippen LogP contribution in [0.4, 0.5) is 0 Å². The molecule has 0 aromatic heterocycles. The van der Waals surface area contributed by atoms with Crippen LogP contribution in [0.15, 0.2) is 12.1 Å². The van der Waals surface area contributed by atoms with Gasteiger partial charge in [-0.2, -0.15) is 0 Å². The Kier molecular flexibility index (Phi) is 4.21. The zero-order valence-corrected chi connectivity index (χ0v) is 14.0. The molecule has 0 radical (unpaired) electrons. The first-order chi connectivity index (χ1) is 8.24. The van der Waals surface area contributed by atoms with Crippen molar-refractivity contribution in [3.8, 4) is 0 Å². The van der Waals surface area contributed by atoms with Crippen molar-refractivity contribution >= 4 is 13.2 Å². The van der Waals surface area contributed by atoms with E-state index in [-0.39, 0.29) is 10.8 Å². The van der Waals surface area contributed by atoms with Crippen molar-refractivity contribution < 1.29 is 14.7 Å². The van der Waals surface area contributed by atoms with E-state index in [1.54, 1.807) is 0 Å². The first-order valence-electron chi connectivity index (χ1n) is 6.58. The molecule has 0 atom stereocenters. The summed E-state index contributed by atoms with van der Waals surface area (Å²) < 4.78 is 0. The average molecular weight is 286 g/mol. The van der Waals surface area contributed by atoms with E-state index in [0.717, 1.165) is 16.7 Å². The van der Waals surface area contributed by atoms with Gasteiger partial charge in [-0.1, -0.05) is 0 Å². The second-order valence-corrected chi connectivity index (χ2v) is 9.14. The zero-order chi connectivity index (χ0) is 15.2. The van der Waals surface area contributed by atoms with Gasteiger partial charge in [-0.3, -0.25) is 0 Å². The second kappa shape index (κ2) is 4.82. The molecule has 3 nitrogen and oxygen atoms in total. The molecule has 0 unspecified atom stereocenters. The van der Waals surface area contributed by atoms with Gasteiger partial charge in [-0.15, -0.1) is 0 Å². The number of rotatable bonds is 1. The summed E-state index contributed by atoms with van der Waals surface area (Å²) >= 11 is 0. The van der Waals surface area contributed by atoms with Crippen LogP contribution < -0.4 is 5.30 Å². The van der Waals surface area contributed by atoms with E-state index < -0.39 is 7.94 Å². The number of hydrogen-bond donors (Lipinski definition) is 3. The Hall–Kier alpha value is -0.470. The first kappa shape index (κ1) is 16.6. The summed E-state index contributed by atoms with van der Waals surface area (Å²) in [5.41, 5.74) is 2.19. The molecule has 0 saturated carbocycles. The minimum atomic E-state index is -4.36. The summed E-state index contributed by atoms with van der Waals surface area (Å²) in [7, 11) is -4.36. The molecule has 0 fully saturated rings. The predicted molar refractivity (Wildman–Crippen MR) is 83.2 cm³/mol. The van der Waals surface area contributed by atoms with Gasteiger partial charge < -0.3 is 0 Å². The molecule has 0 aliphatic rings. The van der Waals surface area contributed by atoms with Crippen LogP contribution in [0, 0.1) is 6.92 Å². The normalized spacial score (nSPS) is 14.6. The topological polar surface area (TPSA) is 60.7 Å². The van der Waals surface area contributed by atoms with Gasteiger partial charge in [0, 0.05) is 0 Å². The van der Waals surface area contributed by atoms with Crippen LogP contribution in [-0.4, -0.2) is 14.7 Å². The average Bonchev–Trinajstić information content (AvgIpc) is 2.11. The van der Waals surface area contributed by atoms with Gasteiger partial charge in [0.05, 0.1) is 0 Å². The molecule has 0 amide bonds. The van der Waals surface area contributed by atoms with E-state index in [1.807, 2.05) is 60.6 Å². The van der Waals surface area contributed by atoms with Crippen molar-refractivity contribution in [2.24, 2.45) is 0 Å². The summed E-state index contributed by atoms with van der Waals surface area (Å²) in [4.78, 5) is 29.8. The fraction of sp³-hybridized carbons (Fsp3) is 0.600. The monoisotopic (exact) mass is 286 g/mol. The molecule has 1 aromatic rings. The molecule has 0 aliphatic heterocycles. The van der Waals surface area contributed by atoms with Crippen LogP contribution in [0.25, 0.3) is 0 Å². The van der Waals surface area contributed by atoms with Gasteiger partial charge in [0.25, 0.3) is 0 Å². The van der Waals surface area contributed by atoms with Crippen molar-refractivity contribution in [1.82, 2.24) is 0 Å². The molecule has 110 valence electrons. The molecule has 0 saturated heterocycles. The Morgan fingerprint density at radius 1 is 0.789 bits per heavy atom. The van der Waals surface area contributed by atoms with Crippen LogP contribution in [0.1, 0.15) is 58.2 Å². The summed E-state index contributed by atoms with van der Waals surface area (Å²) in [5, 5.41) is 0.345. The molecule has 0 spiro atoms. The maximum atomic E-state index is 9.92. The quantitative estimate of drug-likeness (QED) is 0.696. The molecule has 19 heavy (non-hydrogen) atoms. The van der Waals surface area contributed by atoms with Crippen molar-refractivity contribution in [3.05, 3.63) is 28.8 Å². The van der Waals surface area contributed by atoms with E-state index in [9.17, 15) is 14.7 Å². The second-order valence-electron chi connectivity index (χ2n) is 7.37. The van der Waals surface area contributed by atoms with Crippen LogP contribution in [-0.2, 0) is 10.8 Å². The number of benzene rings is 1.